The minimum absolute atomic E-state index is 0.160. The second-order valence-electron chi connectivity index (χ2n) is 10.9. The van der Waals surface area contributed by atoms with Crippen molar-refractivity contribution < 1.29 is 23.1 Å². The fourth-order valence-corrected chi connectivity index (χ4v) is 5.53. The van der Waals surface area contributed by atoms with Gasteiger partial charge in [0.1, 0.15) is 0 Å². The average Bonchev–Trinajstić information content (AvgIpc) is 3.54. The molecule has 1 aliphatic carbocycles. The Labute approximate surface area is 246 Å². The normalized spacial score (nSPS) is 16.3. The number of benzene rings is 1. The molecule has 0 radical (unpaired) electrons. The zero-order valence-electron chi connectivity index (χ0n) is 25.1. The van der Waals surface area contributed by atoms with Gasteiger partial charge in [-0.05, 0) is 38.9 Å². The van der Waals surface area contributed by atoms with E-state index in [1.54, 1.807) is 18.1 Å². The number of carbonyl (C=O) groups is 2. The van der Waals surface area contributed by atoms with Crippen molar-refractivity contribution in [2.45, 2.75) is 44.6 Å². The largest absolute Gasteiger partial charge is 0.494 e. The summed E-state index contributed by atoms with van der Waals surface area (Å²) < 4.78 is 34.8. The Morgan fingerprint density at radius 2 is 1.90 bits per heavy atom. The van der Waals surface area contributed by atoms with Gasteiger partial charge in [0.05, 0.1) is 36.8 Å². The van der Waals surface area contributed by atoms with Crippen LogP contribution in [-0.2, 0) is 4.79 Å². The summed E-state index contributed by atoms with van der Waals surface area (Å²) in [5, 5.41) is 5.89. The van der Waals surface area contributed by atoms with Crippen LogP contribution in [0.2, 0.25) is 0 Å². The number of aldehydes is 1. The molecule has 42 heavy (non-hydrogen) atoms. The number of likely N-dealkylation sites (N-methyl/N-ethyl adjacent to an activating group) is 1. The molecule has 1 saturated heterocycles. The van der Waals surface area contributed by atoms with Crippen LogP contribution in [0.25, 0.3) is 0 Å². The van der Waals surface area contributed by atoms with E-state index in [1.807, 2.05) is 31.0 Å². The van der Waals surface area contributed by atoms with Crippen LogP contribution in [0.1, 0.15) is 43.0 Å². The molecule has 1 aliphatic heterocycles. The first-order valence-corrected chi connectivity index (χ1v) is 14.4. The first-order valence-electron chi connectivity index (χ1n) is 14.4. The van der Waals surface area contributed by atoms with E-state index < -0.39 is 12.5 Å². The van der Waals surface area contributed by atoms with E-state index in [4.69, 9.17) is 9.72 Å². The maximum atomic E-state index is 14.6. The molecule has 1 aromatic carbocycles. The van der Waals surface area contributed by atoms with Crippen molar-refractivity contribution in [2.24, 2.45) is 0 Å². The number of amides is 1. The Kier molecular flexibility index (Phi) is 10.0. The van der Waals surface area contributed by atoms with Gasteiger partial charge >= 0.3 is 5.92 Å². The highest BCUT2D eigenvalue weighted by Crippen LogP contribution is 2.39. The van der Waals surface area contributed by atoms with Crippen molar-refractivity contribution in [3.8, 4) is 5.75 Å². The van der Waals surface area contributed by atoms with E-state index in [2.05, 4.69) is 32.5 Å². The summed E-state index contributed by atoms with van der Waals surface area (Å²) in [5.41, 5.74) is 2.24. The van der Waals surface area contributed by atoms with E-state index in [-0.39, 0.29) is 24.2 Å². The summed E-state index contributed by atoms with van der Waals surface area (Å²) in [7, 11) is 6.96. The number of carbonyl (C=O) groups excluding carboxylic acids is 2. The van der Waals surface area contributed by atoms with E-state index in [0.717, 1.165) is 57.5 Å². The highest BCUT2D eigenvalue weighted by molar-refractivity contribution is 6.00. The number of anilines is 5. The molecular weight excluding hydrogens is 546 g/mol. The van der Waals surface area contributed by atoms with E-state index in [9.17, 15) is 18.4 Å². The lowest BCUT2D eigenvalue weighted by molar-refractivity contribution is -0.128. The van der Waals surface area contributed by atoms with Crippen LogP contribution in [-0.4, -0.2) is 107 Å². The number of hydrogen-bond donors (Lipinski definition) is 2. The summed E-state index contributed by atoms with van der Waals surface area (Å²) in [5.74, 6) is -3.05. The molecule has 11 nitrogen and oxygen atoms in total. The molecule has 2 aliphatic rings. The van der Waals surface area contributed by atoms with Crippen molar-refractivity contribution in [1.82, 2.24) is 20.2 Å². The van der Waals surface area contributed by atoms with Crippen LogP contribution in [0.3, 0.4) is 0 Å². The van der Waals surface area contributed by atoms with Gasteiger partial charge in [-0.3, -0.25) is 9.59 Å². The number of methoxy groups -OCH3 is 1. The van der Waals surface area contributed by atoms with Gasteiger partial charge in [0.2, 0.25) is 5.95 Å². The van der Waals surface area contributed by atoms with Crippen molar-refractivity contribution in [1.29, 1.82) is 0 Å². The first-order chi connectivity index (χ1) is 20.1. The smallest absolute Gasteiger partial charge is 0.319 e. The van der Waals surface area contributed by atoms with Crippen LogP contribution >= 0.6 is 0 Å². The molecule has 4 rings (SSSR count). The maximum Gasteiger partial charge on any atom is 0.319 e. The van der Waals surface area contributed by atoms with Crippen LogP contribution in [0, 0.1) is 0 Å². The highest BCUT2D eigenvalue weighted by Gasteiger charge is 2.37. The highest BCUT2D eigenvalue weighted by atomic mass is 19.3. The molecule has 230 valence electrons. The van der Waals surface area contributed by atoms with E-state index in [1.165, 1.54) is 7.11 Å². The van der Waals surface area contributed by atoms with Crippen molar-refractivity contribution in [2.75, 3.05) is 87.5 Å². The Hall–Kier alpha value is -3.74. The van der Waals surface area contributed by atoms with E-state index in [0.29, 0.717) is 35.1 Å². The molecule has 13 heteroatoms. The zero-order valence-corrected chi connectivity index (χ0v) is 25.1. The van der Waals surface area contributed by atoms with E-state index >= 15 is 0 Å². The van der Waals surface area contributed by atoms with Gasteiger partial charge in [-0.25, -0.2) is 4.98 Å². The SMILES string of the molecule is CCN(C)c1cnc(Nc2cc(N3CCN(C)CC3)cc(C(=O)NC)c2OC)nc1N(CC(F)(F)C=O)C1CCCC1. The zero-order chi connectivity index (χ0) is 30.4. The van der Waals surface area contributed by atoms with Crippen LogP contribution < -0.4 is 30.1 Å². The lowest BCUT2D eigenvalue weighted by Gasteiger charge is -2.35. The number of nitrogens with zero attached hydrogens (tertiary/aromatic N) is 6. The van der Waals surface area contributed by atoms with Crippen LogP contribution in [0.15, 0.2) is 18.3 Å². The van der Waals surface area contributed by atoms with Gasteiger partial charge in [-0.2, -0.15) is 13.8 Å². The fourth-order valence-electron chi connectivity index (χ4n) is 5.53. The molecule has 1 saturated carbocycles. The molecule has 0 atom stereocenters. The number of hydrogen-bond acceptors (Lipinski definition) is 10. The second-order valence-corrected chi connectivity index (χ2v) is 10.9. The number of aromatic nitrogens is 2. The average molecular weight is 589 g/mol. The lowest BCUT2D eigenvalue weighted by atomic mass is 10.1. The number of alkyl halides is 2. The molecule has 2 N–H and O–H groups in total. The number of halogens is 2. The molecule has 0 spiro atoms. The fraction of sp³-hybridized carbons (Fsp3) is 0.586. The summed E-state index contributed by atoms with van der Waals surface area (Å²) >= 11 is 0. The molecule has 2 aromatic rings. The number of nitrogens with one attached hydrogen (secondary N) is 2. The van der Waals surface area contributed by atoms with Crippen molar-refractivity contribution in [3.63, 3.8) is 0 Å². The number of rotatable bonds is 12. The maximum absolute atomic E-state index is 14.6. The van der Waals surface area contributed by atoms with Crippen LogP contribution in [0.5, 0.6) is 5.75 Å². The van der Waals surface area contributed by atoms with Gasteiger partial charge in [0, 0.05) is 58.5 Å². The summed E-state index contributed by atoms with van der Waals surface area (Å²) in [6.07, 6.45) is 4.60. The topological polar surface area (TPSA) is 106 Å². The Morgan fingerprint density at radius 1 is 1.21 bits per heavy atom. The minimum Gasteiger partial charge on any atom is -0.494 e. The monoisotopic (exact) mass is 588 g/mol. The molecule has 1 amide bonds. The third-order valence-electron chi connectivity index (χ3n) is 8.09. The molecule has 0 unspecified atom stereocenters. The Bertz CT molecular complexity index is 1250. The van der Waals surface area contributed by atoms with Gasteiger partial charge in [0.15, 0.2) is 17.9 Å². The first kappa shape index (κ1) is 31.2. The standard InChI is InChI=1S/C29H42F2N8O3/c1-6-37(4)24-17-33-28(35-26(24)39(18-29(30,31)19-40)20-9-7-8-10-20)34-23-16-21(38-13-11-36(3)12-14-38)15-22(25(23)42-5)27(41)32-2/h15-17,19-20H,6-14,18H2,1-5H3,(H,32,41)(H,33,34,35). The van der Waals surface area contributed by atoms with Crippen LogP contribution in [0.4, 0.5) is 37.6 Å². The minimum atomic E-state index is -3.54. The van der Waals surface area contributed by atoms with Gasteiger partial charge < -0.3 is 35.0 Å². The molecule has 2 fully saturated rings. The predicted molar refractivity (Wildman–Crippen MR) is 161 cm³/mol. The van der Waals surface area contributed by atoms with Gasteiger partial charge in [0.25, 0.3) is 5.91 Å². The van der Waals surface area contributed by atoms with Crippen molar-refractivity contribution >= 4 is 41.0 Å². The lowest BCUT2D eigenvalue weighted by Crippen LogP contribution is -2.44. The summed E-state index contributed by atoms with van der Waals surface area (Å²) in [6.45, 7) is 5.11. The van der Waals surface area contributed by atoms with Gasteiger partial charge in [-0.1, -0.05) is 12.8 Å². The Balaban J connectivity index is 1.80. The quantitative estimate of drug-likeness (QED) is 0.359. The molecule has 1 aromatic heterocycles. The molecule has 0 bridgehead atoms. The summed E-state index contributed by atoms with van der Waals surface area (Å²) in [4.78, 5) is 41.3. The molecular formula is C29H42F2N8O3. The predicted octanol–water partition coefficient (Wildman–Crippen LogP) is 3.38. The molecule has 2 heterocycles. The van der Waals surface area contributed by atoms with Gasteiger partial charge in [-0.15, -0.1) is 0 Å². The summed E-state index contributed by atoms with van der Waals surface area (Å²) in [6, 6.07) is 3.52. The third-order valence-corrected chi connectivity index (χ3v) is 8.09. The third kappa shape index (κ3) is 7.00. The second kappa shape index (κ2) is 13.5. The number of ether oxygens (including phenoxy) is 1. The number of piperazine rings is 1. The Morgan fingerprint density at radius 3 is 2.50 bits per heavy atom. The van der Waals surface area contributed by atoms with Crippen molar-refractivity contribution in [3.05, 3.63) is 23.9 Å².